The van der Waals surface area contributed by atoms with Crippen molar-refractivity contribution in [2.24, 2.45) is 0 Å². The molecule has 0 saturated carbocycles. The van der Waals surface area contributed by atoms with Crippen LogP contribution in [0.3, 0.4) is 0 Å². The van der Waals surface area contributed by atoms with Gasteiger partial charge in [-0.2, -0.15) is 0 Å². The van der Waals surface area contributed by atoms with Crippen LogP contribution in [-0.4, -0.2) is 17.8 Å². The number of esters is 1. The molecule has 6 nitrogen and oxygen atoms in total. The Morgan fingerprint density at radius 1 is 0.939 bits per heavy atom. The van der Waals surface area contributed by atoms with E-state index in [4.69, 9.17) is 16.3 Å². The molecular weight excluding hydrogens is 555 g/mol. The number of aryl methyl sites for hydroxylation is 1. The first-order chi connectivity index (χ1) is 15.8. The van der Waals surface area contributed by atoms with Crippen molar-refractivity contribution in [1.29, 1.82) is 0 Å². The van der Waals surface area contributed by atoms with Crippen molar-refractivity contribution in [2.45, 2.75) is 13.8 Å². The van der Waals surface area contributed by atoms with Gasteiger partial charge in [0.25, 0.3) is 11.8 Å². The summed E-state index contributed by atoms with van der Waals surface area (Å²) in [6.45, 7) is 3.84. The van der Waals surface area contributed by atoms with Crippen LogP contribution in [0.25, 0.3) is 0 Å². The second-order valence-electron chi connectivity index (χ2n) is 7.40. The number of hydrogen-bond acceptors (Lipinski definition) is 5. The Hall–Kier alpha value is -3.17. The number of carbonyl (C=O) groups is 3. The summed E-state index contributed by atoms with van der Waals surface area (Å²) in [5, 5.41) is 2.70. The molecule has 1 heterocycles. The quantitative estimate of drug-likeness (QED) is 0.187. The van der Waals surface area contributed by atoms with E-state index in [0.717, 1.165) is 19.6 Å². The molecule has 1 aliphatic heterocycles. The molecule has 2 amide bonds. The summed E-state index contributed by atoms with van der Waals surface area (Å²) in [4.78, 5) is 39.0. The lowest BCUT2D eigenvalue weighted by molar-refractivity contribution is -0.120. The number of benzene rings is 3. The Labute approximate surface area is 209 Å². The number of anilines is 2. The molecule has 3 aromatic rings. The van der Waals surface area contributed by atoms with E-state index in [1.54, 1.807) is 54.6 Å². The Bertz CT molecular complexity index is 1300. The van der Waals surface area contributed by atoms with E-state index >= 15 is 0 Å². The third-order valence-corrected chi connectivity index (χ3v) is 6.33. The van der Waals surface area contributed by atoms with E-state index in [1.807, 2.05) is 26.0 Å². The highest BCUT2D eigenvalue weighted by Gasteiger charge is 2.38. The minimum absolute atomic E-state index is 0.0223. The van der Waals surface area contributed by atoms with Crippen molar-refractivity contribution < 1.29 is 19.1 Å². The van der Waals surface area contributed by atoms with Gasteiger partial charge < -0.3 is 10.1 Å². The summed E-state index contributed by atoms with van der Waals surface area (Å²) in [6.07, 6.45) is 0. The second kappa shape index (κ2) is 9.36. The summed E-state index contributed by atoms with van der Waals surface area (Å²) < 4.78 is 6.49. The number of ether oxygens (including phenoxy) is 1. The Morgan fingerprint density at radius 3 is 2.27 bits per heavy atom. The highest BCUT2D eigenvalue weighted by Crippen LogP contribution is 2.30. The molecule has 0 radical (unpaired) electrons. The predicted octanol–water partition coefficient (Wildman–Crippen LogP) is 5.56. The lowest BCUT2D eigenvalue weighted by atomic mass is 10.1. The maximum absolute atomic E-state index is 12.9. The Morgan fingerprint density at radius 2 is 1.61 bits per heavy atom. The minimum atomic E-state index is -0.598. The van der Waals surface area contributed by atoms with Crippen LogP contribution in [0.5, 0.6) is 5.75 Å². The molecule has 33 heavy (non-hydrogen) atoms. The summed E-state index contributed by atoms with van der Waals surface area (Å²) in [7, 11) is 0. The van der Waals surface area contributed by atoms with E-state index in [-0.39, 0.29) is 10.7 Å². The van der Waals surface area contributed by atoms with E-state index < -0.39 is 17.8 Å². The van der Waals surface area contributed by atoms with Gasteiger partial charge in [-0.25, -0.2) is 9.69 Å². The van der Waals surface area contributed by atoms with Crippen LogP contribution < -0.4 is 15.0 Å². The zero-order valence-electron chi connectivity index (χ0n) is 17.7. The van der Waals surface area contributed by atoms with Crippen molar-refractivity contribution in [3.8, 4) is 5.75 Å². The second-order valence-corrected chi connectivity index (χ2v) is 9.02. The monoisotopic (exact) mass is 572 g/mol. The summed E-state index contributed by atoms with van der Waals surface area (Å²) in [5.74, 6) is -1.14. The van der Waals surface area contributed by atoms with Crippen LogP contribution in [-0.2, 0) is 9.59 Å². The van der Waals surface area contributed by atoms with Crippen LogP contribution in [0.2, 0.25) is 0 Å². The van der Waals surface area contributed by atoms with Crippen LogP contribution in [0.15, 0.2) is 77.5 Å². The highest BCUT2D eigenvalue weighted by atomic mass is 127. The molecular formula is C25H18ClIN2O4. The van der Waals surface area contributed by atoms with Gasteiger partial charge in [0.2, 0.25) is 0 Å². The summed E-state index contributed by atoms with van der Waals surface area (Å²) in [5.41, 5.74) is 3.18. The molecule has 4 rings (SSSR count). The molecule has 0 atom stereocenters. The fourth-order valence-corrected chi connectivity index (χ4v) is 3.84. The maximum atomic E-state index is 12.9. The smallest absolute Gasteiger partial charge is 0.343 e. The Kier molecular flexibility index (Phi) is 6.53. The van der Waals surface area contributed by atoms with Crippen molar-refractivity contribution in [1.82, 2.24) is 0 Å². The number of hydrogen-bond donors (Lipinski definition) is 1. The molecule has 0 aromatic heterocycles. The number of amides is 2. The molecule has 0 aliphatic carbocycles. The number of nitrogens with one attached hydrogen (secondary N) is 1. The van der Waals surface area contributed by atoms with Gasteiger partial charge >= 0.3 is 5.97 Å². The molecule has 166 valence electrons. The normalized spacial score (nSPS) is 13.5. The number of rotatable bonds is 5. The molecule has 8 heteroatoms. The van der Waals surface area contributed by atoms with Gasteiger partial charge in [0.15, 0.2) is 0 Å². The standard InChI is InChI=1S/C25H18ClIN2O4/c1-14-4-3-5-20(15(14)2)33-25(32)16-6-10-18(11-7-16)28-22-21(26)23(30)29(24(22)31)19-12-8-17(27)9-13-19/h3-13,28H,1-2H3. The first kappa shape index (κ1) is 23.0. The number of carbonyl (C=O) groups excluding carboxylic acids is 3. The topological polar surface area (TPSA) is 75.7 Å². The molecule has 0 saturated heterocycles. The van der Waals surface area contributed by atoms with Gasteiger partial charge in [0.05, 0.1) is 11.3 Å². The molecule has 1 aliphatic rings. The van der Waals surface area contributed by atoms with Crippen molar-refractivity contribution >= 4 is 63.4 Å². The van der Waals surface area contributed by atoms with Gasteiger partial charge in [-0.15, -0.1) is 0 Å². The fourth-order valence-electron chi connectivity index (χ4n) is 3.26. The average molecular weight is 573 g/mol. The van der Waals surface area contributed by atoms with Gasteiger partial charge in [-0.05, 0) is 102 Å². The largest absolute Gasteiger partial charge is 0.423 e. The zero-order chi connectivity index (χ0) is 23.7. The lowest BCUT2D eigenvalue weighted by Crippen LogP contribution is -2.32. The number of nitrogens with zero attached hydrogens (tertiary/aromatic N) is 1. The van der Waals surface area contributed by atoms with Crippen molar-refractivity contribution in [3.63, 3.8) is 0 Å². The molecule has 0 spiro atoms. The van der Waals surface area contributed by atoms with Crippen molar-refractivity contribution in [2.75, 3.05) is 10.2 Å². The van der Waals surface area contributed by atoms with Gasteiger partial charge in [-0.1, -0.05) is 23.7 Å². The molecule has 3 aromatic carbocycles. The molecule has 0 unspecified atom stereocenters. The number of halogens is 2. The first-order valence-corrected chi connectivity index (χ1v) is 11.4. The fraction of sp³-hybridized carbons (Fsp3) is 0.0800. The van der Waals surface area contributed by atoms with Crippen LogP contribution in [0.1, 0.15) is 21.5 Å². The third-order valence-electron chi connectivity index (χ3n) is 5.26. The van der Waals surface area contributed by atoms with Crippen LogP contribution in [0, 0.1) is 17.4 Å². The predicted molar refractivity (Wildman–Crippen MR) is 135 cm³/mol. The molecule has 0 fully saturated rings. The summed E-state index contributed by atoms with van der Waals surface area (Å²) >= 11 is 8.32. The van der Waals surface area contributed by atoms with E-state index in [0.29, 0.717) is 22.7 Å². The van der Waals surface area contributed by atoms with Crippen LogP contribution in [0.4, 0.5) is 11.4 Å². The lowest BCUT2D eigenvalue weighted by Gasteiger charge is -2.15. The first-order valence-electron chi connectivity index (χ1n) is 9.96. The van der Waals surface area contributed by atoms with Gasteiger partial charge in [0.1, 0.15) is 16.5 Å². The van der Waals surface area contributed by atoms with E-state index in [2.05, 4.69) is 27.9 Å². The SMILES string of the molecule is Cc1cccc(OC(=O)c2ccc(NC3=C(Cl)C(=O)N(c4ccc(I)cc4)C3=O)cc2)c1C. The average Bonchev–Trinajstić information content (AvgIpc) is 3.01. The maximum Gasteiger partial charge on any atom is 0.343 e. The molecule has 0 bridgehead atoms. The van der Waals surface area contributed by atoms with Crippen LogP contribution >= 0.6 is 34.2 Å². The van der Waals surface area contributed by atoms with E-state index in [9.17, 15) is 14.4 Å². The molecule has 1 N–H and O–H groups in total. The highest BCUT2D eigenvalue weighted by molar-refractivity contribution is 14.1. The van der Waals surface area contributed by atoms with Crippen molar-refractivity contribution in [3.05, 3.63) is 97.7 Å². The van der Waals surface area contributed by atoms with E-state index in [1.165, 1.54) is 0 Å². The summed E-state index contributed by atoms with van der Waals surface area (Å²) in [6, 6.07) is 18.8. The third kappa shape index (κ3) is 4.65. The minimum Gasteiger partial charge on any atom is -0.423 e. The Balaban J connectivity index is 1.49. The van der Waals surface area contributed by atoms with Gasteiger partial charge in [-0.3, -0.25) is 9.59 Å². The number of imide groups is 1. The zero-order valence-corrected chi connectivity index (χ0v) is 20.6. The van der Waals surface area contributed by atoms with Gasteiger partial charge in [0, 0.05) is 9.26 Å².